The van der Waals surface area contributed by atoms with E-state index in [0.717, 1.165) is 6.42 Å². The van der Waals surface area contributed by atoms with Crippen LogP contribution in [-0.4, -0.2) is 67.4 Å². The van der Waals surface area contributed by atoms with Crippen molar-refractivity contribution < 1.29 is 37.9 Å². The summed E-state index contributed by atoms with van der Waals surface area (Å²) in [5, 5.41) is 3.05. The van der Waals surface area contributed by atoms with Crippen molar-refractivity contribution in [3.63, 3.8) is 0 Å². The number of piperidine rings is 1. The second-order valence-electron chi connectivity index (χ2n) is 8.36. The fourth-order valence-corrected chi connectivity index (χ4v) is 4.96. The quantitative estimate of drug-likeness (QED) is 0.497. The highest BCUT2D eigenvalue weighted by Gasteiger charge is 2.58. The molecule has 9 nitrogen and oxygen atoms in total. The van der Waals surface area contributed by atoms with Crippen LogP contribution in [0.5, 0.6) is 0 Å². The Morgan fingerprint density at radius 2 is 2.06 bits per heavy atom. The van der Waals surface area contributed by atoms with E-state index < -0.39 is 29.7 Å². The molecule has 0 saturated carbocycles. The van der Waals surface area contributed by atoms with Crippen LogP contribution in [0.4, 0.5) is 9.18 Å². The first kappa shape index (κ1) is 25.1. The zero-order valence-electron chi connectivity index (χ0n) is 19.4. The Balaban J connectivity index is 1.85. The van der Waals surface area contributed by atoms with Crippen LogP contribution < -0.4 is 0 Å². The first-order valence-corrected chi connectivity index (χ1v) is 12.1. The number of hydrogen-bond donors (Lipinski definition) is 0. The lowest BCUT2D eigenvalue weighted by atomic mass is 9.85. The molecular formula is C23H28BrFN2O7. The van der Waals surface area contributed by atoms with Gasteiger partial charge in [-0.2, -0.15) is 5.06 Å². The normalized spacial score (nSPS) is 22.7. The number of benzene rings is 1. The maximum absolute atomic E-state index is 14.2. The number of aryl methyl sites for hydroxylation is 1. The molecule has 0 radical (unpaired) electrons. The molecule has 186 valence electrons. The van der Waals surface area contributed by atoms with Gasteiger partial charge in [0.15, 0.2) is 12.0 Å². The second-order valence-corrected chi connectivity index (χ2v) is 9.22. The van der Waals surface area contributed by atoms with Crippen molar-refractivity contribution in [3.8, 4) is 0 Å². The Morgan fingerprint density at radius 1 is 1.32 bits per heavy atom. The molecule has 1 spiro atoms. The summed E-state index contributed by atoms with van der Waals surface area (Å²) in [7, 11) is 1.58. The zero-order valence-corrected chi connectivity index (χ0v) is 21.0. The van der Waals surface area contributed by atoms with E-state index in [1.807, 2.05) is 0 Å². The molecule has 2 fully saturated rings. The standard InChI is InChI=1S/C23H28BrFN2O7/c1-4-31-22(29)33-20-19(15-13-16(24)17(25)12-14(15)2)21(28)27(34-18-6-5-11-32-18)23(20)7-9-26(30-3)10-8-23/h12-13,18H,4-11H2,1-3H3. The number of rotatable bonds is 6. The van der Waals surface area contributed by atoms with Gasteiger partial charge in [0.05, 0.1) is 30.4 Å². The van der Waals surface area contributed by atoms with E-state index in [1.165, 1.54) is 17.2 Å². The topological polar surface area (TPSA) is 86.8 Å². The molecule has 0 aliphatic carbocycles. The van der Waals surface area contributed by atoms with Crippen LogP contribution in [0.25, 0.3) is 5.57 Å². The smallest absolute Gasteiger partial charge is 0.434 e. The van der Waals surface area contributed by atoms with E-state index in [2.05, 4.69) is 15.9 Å². The van der Waals surface area contributed by atoms with Crippen LogP contribution in [0.15, 0.2) is 22.4 Å². The van der Waals surface area contributed by atoms with Crippen LogP contribution in [0, 0.1) is 12.7 Å². The number of halogens is 2. The molecule has 0 aromatic heterocycles. The second kappa shape index (κ2) is 10.3. The van der Waals surface area contributed by atoms with Gasteiger partial charge in [0.1, 0.15) is 11.4 Å². The highest BCUT2D eigenvalue weighted by atomic mass is 79.9. The van der Waals surface area contributed by atoms with E-state index in [9.17, 15) is 14.0 Å². The van der Waals surface area contributed by atoms with Crippen LogP contribution in [0.2, 0.25) is 0 Å². The third-order valence-corrected chi connectivity index (χ3v) is 6.95. The van der Waals surface area contributed by atoms with Crippen molar-refractivity contribution >= 4 is 33.6 Å². The fraction of sp³-hybridized carbons (Fsp3) is 0.565. The Labute approximate surface area is 205 Å². The van der Waals surface area contributed by atoms with E-state index in [1.54, 1.807) is 26.0 Å². The average Bonchev–Trinajstić information content (AvgIpc) is 3.40. The number of amides is 1. The lowest BCUT2D eigenvalue weighted by molar-refractivity contribution is -0.291. The highest BCUT2D eigenvalue weighted by molar-refractivity contribution is 9.10. The number of nitrogens with zero attached hydrogens (tertiary/aromatic N) is 2. The van der Waals surface area contributed by atoms with Gasteiger partial charge in [-0.3, -0.25) is 4.79 Å². The predicted molar refractivity (Wildman–Crippen MR) is 121 cm³/mol. The third-order valence-electron chi connectivity index (χ3n) is 6.34. The lowest BCUT2D eigenvalue weighted by Gasteiger charge is -2.43. The molecule has 1 unspecified atom stereocenters. The lowest BCUT2D eigenvalue weighted by Crippen LogP contribution is -2.56. The summed E-state index contributed by atoms with van der Waals surface area (Å²) in [6.07, 6.45) is 0.680. The van der Waals surface area contributed by atoms with Crippen molar-refractivity contribution in [1.82, 2.24) is 10.1 Å². The van der Waals surface area contributed by atoms with Gasteiger partial charge in [-0.25, -0.2) is 19.1 Å². The van der Waals surface area contributed by atoms with Crippen molar-refractivity contribution in [3.05, 3.63) is 39.3 Å². The summed E-state index contributed by atoms with van der Waals surface area (Å²) in [5.74, 6) is -0.815. The summed E-state index contributed by atoms with van der Waals surface area (Å²) in [5.41, 5.74) is -0.00915. The van der Waals surface area contributed by atoms with Gasteiger partial charge < -0.3 is 19.0 Å². The Morgan fingerprint density at radius 3 is 2.68 bits per heavy atom. The molecular weight excluding hydrogens is 515 g/mol. The largest absolute Gasteiger partial charge is 0.513 e. The molecule has 1 amide bonds. The summed E-state index contributed by atoms with van der Waals surface area (Å²) >= 11 is 3.20. The monoisotopic (exact) mass is 542 g/mol. The molecule has 34 heavy (non-hydrogen) atoms. The predicted octanol–water partition coefficient (Wildman–Crippen LogP) is 4.09. The first-order valence-electron chi connectivity index (χ1n) is 11.3. The summed E-state index contributed by atoms with van der Waals surface area (Å²) in [6.45, 7) is 4.92. The number of hydrogen-bond acceptors (Lipinski definition) is 8. The number of carbonyl (C=O) groups is 2. The molecule has 1 aromatic rings. The summed E-state index contributed by atoms with van der Waals surface area (Å²) in [4.78, 5) is 37.9. The van der Waals surface area contributed by atoms with Crippen LogP contribution >= 0.6 is 15.9 Å². The number of hydroxylamine groups is 4. The fourth-order valence-electron chi connectivity index (χ4n) is 4.61. The SMILES string of the molecule is CCOC(=O)OC1=C(c2cc(Br)c(F)cc2C)C(=O)N(OC2CCCO2)C12CCN(OC)CC2. The van der Waals surface area contributed by atoms with Gasteiger partial charge in [0, 0.05) is 19.5 Å². The number of carbonyl (C=O) groups excluding carboxylic acids is 2. The van der Waals surface area contributed by atoms with Gasteiger partial charge in [0.2, 0.25) is 0 Å². The molecule has 1 atom stereocenters. The minimum Gasteiger partial charge on any atom is -0.434 e. The van der Waals surface area contributed by atoms with E-state index in [4.69, 9.17) is 23.9 Å². The van der Waals surface area contributed by atoms with Crippen molar-refractivity contribution in [2.45, 2.75) is 51.4 Å². The molecule has 11 heteroatoms. The minimum atomic E-state index is -1.09. The third kappa shape index (κ3) is 4.59. The number of ether oxygens (including phenoxy) is 3. The molecule has 4 rings (SSSR count). The first-order chi connectivity index (χ1) is 16.3. The molecule has 3 aliphatic rings. The Hall–Kier alpha value is -2.05. The molecule has 3 aliphatic heterocycles. The zero-order chi connectivity index (χ0) is 24.5. The maximum Gasteiger partial charge on any atom is 0.513 e. The van der Waals surface area contributed by atoms with Crippen molar-refractivity contribution in [1.29, 1.82) is 0 Å². The molecule has 3 heterocycles. The van der Waals surface area contributed by atoms with Gasteiger partial charge in [0.25, 0.3) is 5.91 Å². The van der Waals surface area contributed by atoms with Gasteiger partial charge in [-0.15, -0.1) is 0 Å². The molecule has 2 saturated heterocycles. The summed E-state index contributed by atoms with van der Waals surface area (Å²) < 4.78 is 30.8. The van der Waals surface area contributed by atoms with Crippen LogP contribution in [0.3, 0.4) is 0 Å². The van der Waals surface area contributed by atoms with E-state index in [-0.39, 0.29) is 22.4 Å². The maximum atomic E-state index is 14.2. The van der Waals surface area contributed by atoms with Crippen LogP contribution in [0.1, 0.15) is 43.7 Å². The average molecular weight is 543 g/mol. The highest BCUT2D eigenvalue weighted by Crippen LogP contribution is 2.48. The van der Waals surface area contributed by atoms with Gasteiger partial charge >= 0.3 is 6.16 Å². The van der Waals surface area contributed by atoms with Gasteiger partial charge in [-0.05, 0) is 72.3 Å². The van der Waals surface area contributed by atoms with Gasteiger partial charge in [-0.1, -0.05) is 0 Å². The summed E-state index contributed by atoms with van der Waals surface area (Å²) in [6, 6.07) is 2.84. The van der Waals surface area contributed by atoms with E-state index in [0.29, 0.717) is 50.1 Å². The Kier molecular flexibility index (Phi) is 7.58. The molecule has 0 N–H and O–H groups in total. The van der Waals surface area contributed by atoms with E-state index >= 15 is 0 Å². The van der Waals surface area contributed by atoms with Crippen LogP contribution in [-0.2, 0) is 28.7 Å². The molecule has 1 aromatic carbocycles. The van der Waals surface area contributed by atoms with Crippen molar-refractivity contribution in [2.24, 2.45) is 0 Å². The minimum absolute atomic E-state index is 0.108. The van der Waals surface area contributed by atoms with Crippen molar-refractivity contribution in [2.75, 3.05) is 33.4 Å². The Bertz CT molecular complexity index is 988. The molecule has 0 bridgehead atoms.